The van der Waals surface area contributed by atoms with Gasteiger partial charge in [-0.25, -0.2) is 4.39 Å². The molecule has 1 aromatic rings. The molecule has 2 atom stereocenters. The first-order valence-corrected chi connectivity index (χ1v) is 7.21. The third-order valence-corrected chi connectivity index (χ3v) is 4.42. The van der Waals surface area contributed by atoms with Crippen molar-refractivity contribution in [2.75, 3.05) is 0 Å². The van der Waals surface area contributed by atoms with Crippen molar-refractivity contribution in [3.63, 3.8) is 0 Å². The molecule has 0 spiro atoms. The molecule has 2 rings (SSSR count). The van der Waals surface area contributed by atoms with Crippen molar-refractivity contribution in [3.05, 3.63) is 34.6 Å². The molecular weight excluding hydrogens is 308 g/mol. The molecule has 0 radical (unpaired) electrons. The second-order valence-electron chi connectivity index (χ2n) is 5.40. The van der Waals surface area contributed by atoms with Crippen LogP contribution >= 0.6 is 11.6 Å². The number of halogens is 5. The van der Waals surface area contributed by atoms with Gasteiger partial charge in [0.05, 0.1) is 10.9 Å². The van der Waals surface area contributed by atoms with Crippen LogP contribution in [0.3, 0.4) is 0 Å². The molecule has 0 amide bonds. The highest BCUT2D eigenvalue weighted by molar-refractivity contribution is 6.31. The number of alkyl halides is 3. The van der Waals surface area contributed by atoms with Crippen LogP contribution < -0.4 is 0 Å². The molecule has 1 saturated carbocycles. The summed E-state index contributed by atoms with van der Waals surface area (Å²) in [6, 6.07) is 4.01. The third kappa shape index (κ3) is 3.76. The van der Waals surface area contributed by atoms with E-state index >= 15 is 0 Å². The van der Waals surface area contributed by atoms with Crippen LogP contribution in [0, 0.1) is 17.7 Å². The molecule has 0 N–H and O–H groups in total. The number of hydrogen-bond acceptors (Lipinski definition) is 1. The molecule has 1 aromatic carbocycles. The summed E-state index contributed by atoms with van der Waals surface area (Å²) in [5.74, 6) is -3.81. The van der Waals surface area contributed by atoms with Crippen molar-refractivity contribution in [1.82, 2.24) is 0 Å². The van der Waals surface area contributed by atoms with Gasteiger partial charge in [-0.05, 0) is 24.5 Å². The zero-order valence-electron chi connectivity index (χ0n) is 11.2. The van der Waals surface area contributed by atoms with Gasteiger partial charge < -0.3 is 0 Å². The predicted octanol–water partition coefficient (Wildman–Crippen LogP) is 4.96. The summed E-state index contributed by atoms with van der Waals surface area (Å²) in [6.07, 6.45) is -3.32. The van der Waals surface area contributed by atoms with Gasteiger partial charge in [-0.3, -0.25) is 4.79 Å². The van der Waals surface area contributed by atoms with Crippen molar-refractivity contribution in [1.29, 1.82) is 0 Å². The lowest BCUT2D eigenvalue weighted by molar-refractivity contribution is -0.197. The summed E-state index contributed by atoms with van der Waals surface area (Å²) < 4.78 is 52.3. The first kappa shape index (κ1) is 16.3. The molecule has 0 aromatic heterocycles. The van der Waals surface area contributed by atoms with Gasteiger partial charge >= 0.3 is 6.18 Å². The van der Waals surface area contributed by atoms with Crippen molar-refractivity contribution in [3.8, 4) is 0 Å². The van der Waals surface area contributed by atoms with Crippen LogP contribution in [-0.4, -0.2) is 12.0 Å². The predicted molar refractivity (Wildman–Crippen MR) is 71.6 cm³/mol. The lowest BCUT2D eigenvalue weighted by Gasteiger charge is -2.32. The Bertz CT molecular complexity index is 527. The summed E-state index contributed by atoms with van der Waals surface area (Å²) in [6.45, 7) is 0. The SMILES string of the molecule is O=C(Cc1cccc(F)c1Cl)C1CCCCC1C(F)(F)F. The van der Waals surface area contributed by atoms with Gasteiger partial charge in [-0.1, -0.05) is 36.6 Å². The molecule has 1 nitrogen and oxygen atoms in total. The van der Waals surface area contributed by atoms with Gasteiger partial charge in [0, 0.05) is 12.3 Å². The topological polar surface area (TPSA) is 17.1 Å². The fourth-order valence-corrected chi connectivity index (χ4v) is 3.10. The number of benzene rings is 1. The number of hydrogen-bond donors (Lipinski definition) is 0. The van der Waals surface area contributed by atoms with Gasteiger partial charge in [0.15, 0.2) is 0 Å². The van der Waals surface area contributed by atoms with Gasteiger partial charge in [-0.2, -0.15) is 13.2 Å². The first-order valence-electron chi connectivity index (χ1n) is 6.83. The first-order chi connectivity index (χ1) is 9.80. The minimum Gasteiger partial charge on any atom is -0.299 e. The summed E-state index contributed by atoms with van der Waals surface area (Å²) in [5, 5.41) is -0.190. The molecule has 6 heteroatoms. The van der Waals surface area contributed by atoms with E-state index in [4.69, 9.17) is 11.6 Å². The van der Waals surface area contributed by atoms with Crippen molar-refractivity contribution in [2.24, 2.45) is 11.8 Å². The Kier molecular flexibility index (Phi) is 4.91. The highest BCUT2D eigenvalue weighted by Crippen LogP contribution is 2.42. The van der Waals surface area contributed by atoms with E-state index < -0.39 is 29.6 Å². The van der Waals surface area contributed by atoms with Gasteiger partial charge in [-0.15, -0.1) is 0 Å². The maximum absolute atomic E-state index is 13.3. The molecule has 1 fully saturated rings. The second-order valence-corrected chi connectivity index (χ2v) is 5.77. The highest BCUT2D eigenvalue weighted by atomic mass is 35.5. The van der Waals surface area contributed by atoms with E-state index in [2.05, 4.69) is 0 Å². The lowest BCUT2D eigenvalue weighted by Crippen LogP contribution is -2.37. The highest BCUT2D eigenvalue weighted by Gasteiger charge is 2.47. The standard InChI is InChI=1S/C15H15ClF4O/c16-14-9(4-3-7-12(14)17)8-13(21)10-5-1-2-6-11(10)15(18,19)20/h3-4,7,10-11H,1-2,5-6,8H2. The Morgan fingerprint density at radius 2 is 1.90 bits per heavy atom. The van der Waals surface area contributed by atoms with Crippen LogP contribution in [0.4, 0.5) is 17.6 Å². The van der Waals surface area contributed by atoms with Gasteiger partial charge in [0.2, 0.25) is 0 Å². The Balaban J connectivity index is 2.16. The van der Waals surface area contributed by atoms with Gasteiger partial charge in [0.1, 0.15) is 11.6 Å². The fourth-order valence-electron chi connectivity index (χ4n) is 2.91. The van der Waals surface area contributed by atoms with Gasteiger partial charge in [0.25, 0.3) is 0 Å². The van der Waals surface area contributed by atoms with E-state index in [9.17, 15) is 22.4 Å². The van der Waals surface area contributed by atoms with Crippen LogP contribution in [0.5, 0.6) is 0 Å². The minimum atomic E-state index is -4.37. The Labute approximate surface area is 125 Å². The summed E-state index contributed by atoms with van der Waals surface area (Å²) in [7, 11) is 0. The molecule has 0 saturated heterocycles. The van der Waals surface area contributed by atoms with E-state index in [1.165, 1.54) is 12.1 Å². The number of ketones is 1. The van der Waals surface area contributed by atoms with E-state index in [0.717, 1.165) is 6.07 Å². The number of carbonyl (C=O) groups is 1. The number of carbonyl (C=O) groups excluding carboxylic acids is 1. The average Bonchev–Trinajstić information content (AvgIpc) is 2.43. The maximum Gasteiger partial charge on any atom is 0.392 e. The van der Waals surface area contributed by atoms with Crippen molar-refractivity contribution >= 4 is 17.4 Å². The Morgan fingerprint density at radius 3 is 2.57 bits per heavy atom. The van der Waals surface area contributed by atoms with Crippen LogP contribution in [0.25, 0.3) is 0 Å². The van der Waals surface area contributed by atoms with Crippen LogP contribution in [0.1, 0.15) is 31.2 Å². The molecule has 2 unspecified atom stereocenters. The number of rotatable bonds is 3. The monoisotopic (exact) mass is 322 g/mol. The molecule has 21 heavy (non-hydrogen) atoms. The molecule has 0 bridgehead atoms. The average molecular weight is 323 g/mol. The quantitative estimate of drug-likeness (QED) is 0.719. The zero-order valence-corrected chi connectivity index (χ0v) is 12.0. The zero-order chi connectivity index (χ0) is 15.6. The van der Waals surface area contributed by atoms with E-state index in [-0.39, 0.29) is 29.8 Å². The van der Waals surface area contributed by atoms with Crippen LogP contribution in [0.15, 0.2) is 18.2 Å². The smallest absolute Gasteiger partial charge is 0.299 e. The molecule has 0 heterocycles. The fraction of sp³-hybridized carbons (Fsp3) is 0.533. The maximum atomic E-state index is 13.3. The molecule has 0 aliphatic heterocycles. The molecule has 116 valence electrons. The van der Waals surface area contributed by atoms with Crippen LogP contribution in [0.2, 0.25) is 5.02 Å². The van der Waals surface area contributed by atoms with Crippen molar-refractivity contribution < 1.29 is 22.4 Å². The Morgan fingerprint density at radius 1 is 1.24 bits per heavy atom. The Hall–Kier alpha value is -1.10. The van der Waals surface area contributed by atoms with Crippen LogP contribution in [-0.2, 0) is 11.2 Å². The summed E-state index contributed by atoms with van der Waals surface area (Å²) in [5.41, 5.74) is 0.244. The van der Waals surface area contributed by atoms with E-state index in [0.29, 0.717) is 12.8 Å². The van der Waals surface area contributed by atoms with E-state index in [1.807, 2.05) is 0 Å². The summed E-state index contributed by atoms with van der Waals surface area (Å²) in [4.78, 5) is 12.2. The van der Waals surface area contributed by atoms with Crippen molar-refractivity contribution in [2.45, 2.75) is 38.3 Å². The molecular formula is C15H15ClF4O. The minimum absolute atomic E-state index is 0.0171. The third-order valence-electron chi connectivity index (χ3n) is 4.00. The van der Waals surface area contributed by atoms with E-state index in [1.54, 1.807) is 0 Å². The second kappa shape index (κ2) is 6.34. The number of Topliss-reactive ketones (excluding diaryl/α,β-unsaturated/α-hetero) is 1. The largest absolute Gasteiger partial charge is 0.392 e. The normalized spacial score (nSPS) is 23.1. The molecule has 1 aliphatic rings. The molecule has 1 aliphatic carbocycles. The summed E-state index contributed by atoms with van der Waals surface area (Å²) >= 11 is 5.75. The lowest BCUT2D eigenvalue weighted by atomic mass is 9.75.